The zero-order chi connectivity index (χ0) is 47.2. The second-order valence-electron chi connectivity index (χ2n) is 19.0. The zero-order valence-electron chi connectivity index (χ0n) is 38.6. The Morgan fingerprint density at radius 1 is 0.824 bits per heavy atom. The number of nitrogens with one attached hydrogen (secondary N) is 3. The molecule has 10 rings (SSSR count). The normalized spacial score (nSPS) is 22.2. The van der Waals surface area contributed by atoms with Crippen molar-refractivity contribution in [3.05, 3.63) is 77.1 Å². The van der Waals surface area contributed by atoms with E-state index in [1.807, 2.05) is 43.5 Å². The van der Waals surface area contributed by atoms with Crippen molar-refractivity contribution in [3.8, 4) is 11.3 Å². The van der Waals surface area contributed by atoms with Gasteiger partial charge in [-0.2, -0.15) is 5.10 Å². The number of guanidine groups is 1. The maximum atomic E-state index is 13.4. The van der Waals surface area contributed by atoms with Gasteiger partial charge in [-0.3, -0.25) is 49.2 Å². The van der Waals surface area contributed by atoms with E-state index >= 15 is 0 Å². The van der Waals surface area contributed by atoms with Gasteiger partial charge in [-0.05, 0) is 112 Å². The number of hydrogen-bond donors (Lipinski definition) is 5. The van der Waals surface area contributed by atoms with Crippen molar-refractivity contribution >= 4 is 63.6 Å². The molecule has 20 nitrogen and oxygen atoms in total. The molecule has 1 atom stereocenters. The molecule has 0 saturated carbocycles. The molecule has 0 spiro atoms. The molecular formula is C48H59N15O5. The van der Waals surface area contributed by atoms with Gasteiger partial charge in [0.05, 0.1) is 28.8 Å². The first-order chi connectivity index (χ1) is 32.9. The number of aromatic nitrogens is 3. The summed E-state index contributed by atoms with van der Waals surface area (Å²) in [6.45, 7) is 12.0. The minimum atomic E-state index is -0.964. The minimum absolute atomic E-state index is 0.0991. The molecule has 4 fully saturated rings. The number of hydrazone groups is 1. The first-order valence-electron chi connectivity index (χ1n) is 23.7. The molecular weight excluding hydrogens is 867 g/mol. The van der Waals surface area contributed by atoms with Crippen LogP contribution in [0.5, 0.6) is 0 Å². The van der Waals surface area contributed by atoms with Crippen molar-refractivity contribution < 1.29 is 24.0 Å². The molecule has 4 aromatic rings. The van der Waals surface area contributed by atoms with E-state index in [9.17, 15) is 24.0 Å². The molecule has 8 heterocycles. The Bertz CT molecular complexity index is 2710. The Morgan fingerprint density at radius 2 is 1.53 bits per heavy atom. The molecule has 2 aromatic carbocycles. The van der Waals surface area contributed by atoms with Crippen molar-refractivity contribution in [2.75, 3.05) is 94.2 Å². The van der Waals surface area contributed by atoms with E-state index in [1.54, 1.807) is 24.1 Å². The molecule has 0 aliphatic carbocycles. The lowest BCUT2D eigenvalue weighted by Gasteiger charge is -2.41. The van der Waals surface area contributed by atoms with Gasteiger partial charge in [0.25, 0.3) is 17.7 Å². The van der Waals surface area contributed by atoms with Gasteiger partial charge in [0.1, 0.15) is 17.6 Å². The highest BCUT2D eigenvalue weighted by atomic mass is 16.2. The molecule has 5 amide bonds. The number of anilines is 3. The van der Waals surface area contributed by atoms with Gasteiger partial charge in [0.15, 0.2) is 0 Å². The molecule has 4 saturated heterocycles. The van der Waals surface area contributed by atoms with E-state index in [-0.39, 0.29) is 31.2 Å². The second kappa shape index (κ2) is 18.6. The number of piperazine rings is 1. The van der Waals surface area contributed by atoms with E-state index in [0.29, 0.717) is 45.9 Å². The number of pyridine rings is 1. The standard InChI is InChI=1S/C48H59N15O5/c1-29-38(28-62(50)48(54-49)57(29)2)44(65)52-33-3-6-39-37(24-33)43(56-55-39)32-9-14-51-41(23-32)61-21-19-59(20-22-61)27-30-10-15-58(16-11-30)26-31-12-17-60(18-13-31)34-4-5-35-36(25-34)47(68)63(46(35)67)40-7-8-42(64)53-45(40)66/h3-6,9,14,23-25,30-31,40H,7-8,10-13,15-22,26-28,49-50H2,1-2H3,(H,52,65)(H,55,56)(H,53,64,66)/b54-48-. The lowest BCUT2D eigenvalue weighted by molar-refractivity contribution is -0.136. The average molecular weight is 926 g/mol. The quantitative estimate of drug-likeness (QED) is 0.0872. The van der Waals surface area contributed by atoms with Crippen molar-refractivity contribution in [1.29, 1.82) is 0 Å². The number of carbonyl (C=O) groups is 5. The number of piperidine rings is 3. The Hall–Kier alpha value is -6.90. The summed E-state index contributed by atoms with van der Waals surface area (Å²) in [6, 6.07) is 14.2. The Balaban J connectivity index is 0.672. The smallest absolute Gasteiger partial charge is 0.262 e. The molecule has 6 aliphatic heterocycles. The fourth-order valence-corrected chi connectivity index (χ4v) is 10.8. The molecule has 0 radical (unpaired) electrons. The Labute approximate surface area is 394 Å². The third-order valence-electron chi connectivity index (χ3n) is 14.9. The van der Waals surface area contributed by atoms with Crippen LogP contribution in [0.25, 0.3) is 22.2 Å². The van der Waals surface area contributed by atoms with Crippen LogP contribution in [0.2, 0.25) is 0 Å². The number of carbonyl (C=O) groups excluding carboxylic acids is 5. The Morgan fingerprint density at radius 3 is 2.25 bits per heavy atom. The Kier molecular flexibility index (Phi) is 12.3. The number of benzene rings is 2. The predicted octanol–water partition coefficient (Wildman–Crippen LogP) is 2.34. The number of rotatable bonds is 10. The van der Waals surface area contributed by atoms with Gasteiger partial charge in [0.2, 0.25) is 17.8 Å². The average Bonchev–Trinajstić information content (AvgIpc) is 3.88. The van der Waals surface area contributed by atoms with Crippen LogP contribution in [0.3, 0.4) is 0 Å². The van der Waals surface area contributed by atoms with Gasteiger partial charge in [-0.25, -0.2) is 10.8 Å². The maximum Gasteiger partial charge on any atom is 0.262 e. The summed E-state index contributed by atoms with van der Waals surface area (Å²) in [5, 5.41) is 19.1. The van der Waals surface area contributed by atoms with Gasteiger partial charge in [0, 0.05) is 100 Å². The summed E-state index contributed by atoms with van der Waals surface area (Å²) in [5.41, 5.74) is 6.03. The number of allylic oxidation sites excluding steroid dienone is 1. The fourth-order valence-electron chi connectivity index (χ4n) is 10.8. The monoisotopic (exact) mass is 925 g/mol. The van der Waals surface area contributed by atoms with Crippen LogP contribution in [0.4, 0.5) is 17.2 Å². The number of aromatic amines is 1. The first-order valence-corrected chi connectivity index (χ1v) is 23.7. The number of likely N-dealkylation sites (tertiary alicyclic amines) is 1. The van der Waals surface area contributed by atoms with Crippen LogP contribution in [0.1, 0.15) is 66.2 Å². The molecule has 6 aliphatic rings. The SMILES string of the molecule is CC1=C(C(=O)Nc2ccc3[nH]nc(-c4ccnc(N5CCN(CC6CCN(CC7CCN(c8ccc9c(c8)C(=O)N(C8CCC(=O)NC8=O)C9=O)CC7)CC6)CC5)c4)c3c2)CN(N)/C(=N\N)N1C. The highest BCUT2D eigenvalue weighted by Gasteiger charge is 2.45. The van der Waals surface area contributed by atoms with E-state index in [0.717, 1.165) is 117 Å². The molecule has 356 valence electrons. The third-order valence-corrected chi connectivity index (χ3v) is 14.9. The molecule has 7 N–H and O–H groups in total. The highest BCUT2D eigenvalue weighted by molar-refractivity contribution is 6.23. The van der Waals surface area contributed by atoms with Crippen molar-refractivity contribution in [1.82, 2.24) is 45.1 Å². The van der Waals surface area contributed by atoms with Gasteiger partial charge >= 0.3 is 0 Å². The van der Waals surface area contributed by atoms with Crippen LogP contribution in [-0.2, 0) is 14.4 Å². The fraction of sp³-hybridized carbons (Fsp3) is 0.458. The summed E-state index contributed by atoms with van der Waals surface area (Å²) in [7, 11) is 1.77. The van der Waals surface area contributed by atoms with Gasteiger partial charge < -0.3 is 30.8 Å². The van der Waals surface area contributed by atoms with Crippen LogP contribution >= 0.6 is 0 Å². The van der Waals surface area contributed by atoms with Crippen LogP contribution < -0.4 is 32.1 Å². The summed E-state index contributed by atoms with van der Waals surface area (Å²) in [6.07, 6.45) is 6.62. The lowest BCUT2D eigenvalue weighted by atomic mass is 9.92. The lowest BCUT2D eigenvalue weighted by Crippen LogP contribution is -2.54. The highest BCUT2D eigenvalue weighted by Crippen LogP contribution is 2.34. The summed E-state index contributed by atoms with van der Waals surface area (Å²) >= 11 is 0. The second-order valence-corrected chi connectivity index (χ2v) is 19.0. The van der Waals surface area contributed by atoms with E-state index in [2.05, 4.69) is 51.6 Å². The summed E-state index contributed by atoms with van der Waals surface area (Å²) in [4.78, 5) is 81.6. The number of fused-ring (bicyclic) bond motifs is 2. The van der Waals surface area contributed by atoms with Gasteiger partial charge in [-0.1, -0.05) is 0 Å². The van der Waals surface area contributed by atoms with Crippen molar-refractivity contribution in [2.24, 2.45) is 28.6 Å². The molecule has 68 heavy (non-hydrogen) atoms. The van der Waals surface area contributed by atoms with Crippen LogP contribution in [0, 0.1) is 11.8 Å². The number of H-pyrrole nitrogens is 1. The molecule has 0 bridgehead atoms. The van der Waals surface area contributed by atoms with Crippen molar-refractivity contribution in [2.45, 2.75) is 51.5 Å². The third kappa shape index (κ3) is 8.74. The molecule has 2 aromatic heterocycles. The maximum absolute atomic E-state index is 13.4. The van der Waals surface area contributed by atoms with E-state index in [4.69, 9.17) is 16.7 Å². The first kappa shape index (κ1) is 44.9. The number of hydrogen-bond acceptors (Lipinski definition) is 14. The predicted molar refractivity (Wildman–Crippen MR) is 257 cm³/mol. The summed E-state index contributed by atoms with van der Waals surface area (Å²) < 4.78 is 0. The zero-order valence-corrected chi connectivity index (χ0v) is 38.6. The number of imide groups is 2. The number of nitrogens with zero attached hydrogens (tertiary/aromatic N) is 10. The van der Waals surface area contributed by atoms with Crippen molar-refractivity contribution in [3.63, 3.8) is 0 Å². The van der Waals surface area contributed by atoms with Crippen LogP contribution in [0.15, 0.2) is 71.1 Å². The number of amides is 5. The number of hydrazine groups is 1. The van der Waals surface area contributed by atoms with E-state index < -0.39 is 23.8 Å². The number of nitrogens with two attached hydrogens (primary N) is 2. The molecule has 20 heteroatoms. The largest absolute Gasteiger partial charge is 0.371 e. The summed E-state index contributed by atoms with van der Waals surface area (Å²) in [5.74, 6) is 12.0. The molecule has 1 unspecified atom stereocenters. The van der Waals surface area contributed by atoms with Gasteiger partial charge in [-0.15, -0.1) is 5.10 Å². The van der Waals surface area contributed by atoms with E-state index in [1.165, 1.54) is 17.9 Å². The minimum Gasteiger partial charge on any atom is -0.371 e. The topological polar surface area (TPSA) is 238 Å². The van der Waals surface area contributed by atoms with Crippen LogP contribution in [-0.4, -0.2) is 160 Å².